The summed E-state index contributed by atoms with van der Waals surface area (Å²) in [5.41, 5.74) is 1.44. The lowest BCUT2D eigenvalue weighted by atomic mass is 9.76. The maximum atomic E-state index is 14.0. The minimum atomic E-state index is -1.78. The van der Waals surface area contributed by atoms with Crippen LogP contribution in [0.25, 0.3) is 10.9 Å². The number of nitrogens with one attached hydrogen (secondary N) is 2. The number of hydrogen-bond acceptors (Lipinski definition) is 5. The highest BCUT2D eigenvalue weighted by Crippen LogP contribution is 2.52. The quantitative estimate of drug-likeness (QED) is 0.313. The number of carboxylic acids is 1. The number of amides is 2. The van der Waals surface area contributed by atoms with E-state index < -0.39 is 41.2 Å². The third kappa shape index (κ3) is 3.37. The number of rotatable bonds is 5. The Hall–Kier alpha value is -4.43. The molecule has 0 saturated carbocycles. The smallest absolute Gasteiger partial charge is 0.325 e. The number of benzene rings is 3. The number of aryl methyl sites for hydroxylation is 1. The molecule has 4 aromatic rings. The Morgan fingerprint density at radius 3 is 2.51 bits per heavy atom. The van der Waals surface area contributed by atoms with E-state index in [4.69, 9.17) is 0 Å². The molecule has 2 fully saturated rings. The lowest BCUT2D eigenvalue weighted by molar-refractivity contribution is -0.148. The van der Waals surface area contributed by atoms with Crippen LogP contribution in [0.1, 0.15) is 22.7 Å². The number of fused-ring (bicyclic) bond motifs is 2. The van der Waals surface area contributed by atoms with Crippen LogP contribution in [0.15, 0.2) is 79.0 Å². The summed E-state index contributed by atoms with van der Waals surface area (Å²) in [6, 6.07) is 20.2. The standard InChI is InChI=1S/C29H25N3O5/c1-16-7-6-8-18(13-16)32-26(34)23-24(27(32)35)29(28(36)37,31-25(23)20-10-3-5-12-22(20)33)14-17-15-30-21-11-4-2-9-19(17)21/h2-13,15,23-25,30-31,33H,14H2,1H3,(H,36,37)/t23-,24-,25+,29-/m0/s1. The van der Waals surface area contributed by atoms with Crippen LogP contribution >= 0.6 is 0 Å². The number of nitrogens with zero attached hydrogens (tertiary/aromatic N) is 1. The molecule has 186 valence electrons. The summed E-state index contributed by atoms with van der Waals surface area (Å²) in [4.78, 5) is 45.3. The Labute approximate surface area is 212 Å². The predicted molar refractivity (Wildman–Crippen MR) is 137 cm³/mol. The number of hydrogen-bond donors (Lipinski definition) is 4. The van der Waals surface area contributed by atoms with Gasteiger partial charge in [-0.05, 0) is 42.3 Å². The van der Waals surface area contributed by atoms with Crippen molar-refractivity contribution in [1.29, 1.82) is 0 Å². The van der Waals surface area contributed by atoms with Gasteiger partial charge in [-0.25, -0.2) is 4.90 Å². The van der Waals surface area contributed by atoms with Gasteiger partial charge in [-0.3, -0.25) is 19.7 Å². The summed E-state index contributed by atoms with van der Waals surface area (Å²) in [6.07, 6.45) is 1.72. The van der Waals surface area contributed by atoms with Gasteiger partial charge in [-0.2, -0.15) is 0 Å². The molecule has 0 radical (unpaired) electrons. The summed E-state index contributed by atoms with van der Waals surface area (Å²) in [5.74, 6) is -4.53. The minimum absolute atomic E-state index is 0.0295. The molecule has 1 aromatic heterocycles. The number of anilines is 1. The van der Waals surface area contributed by atoms with E-state index >= 15 is 0 Å². The molecule has 8 heteroatoms. The zero-order chi connectivity index (χ0) is 25.9. The van der Waals surface area contributed by atoms with Crippen LogP contribution < -0.4 is 10.2 Å². The molecule has 8 nitrogen and oxygen atoms in total. The topological polar surface area (TPSA) is 123 Å². The number of carbonyl (C=O) groups is 3. The molecule has 0 aliphatic carbocycles. The largest absolute Gasteiger partial charge is 0.508 e. The number of aromatic nitrogens is 1. The Bertz CT molecular complexity index is 1580. The highest BCUT2D eigenvalue weighted by atomic mass is 16.4. The molecule has 3 aromatic carbocycles. The Kier molecular flexibility index (Phi) is 5.17. The molecular weight excluding hydrogens is 470 g/mol. The maximum absolute atomic E-state index is 14.0. The second-order valence-electron chi connectivity index (χ2n) is 9.85. The molecule has 0 unspecified atom stereocenters. The number of phenolic OH excluding ortho intramolecular Hbond substituents is 1. The SMILES string of the molecule is Cc1cccc(N2C(=O)[C@@H]3[C@@H](c4ccccc4O)N[C@](Cc4c[nH]c5ccccc45)(C(=O)O)[C@@H]3C2=O)c1. The first-order valence-electron chi connectivity index (χ1n) is 12.1. The van der Waals surface area contributed by atoms with E-state index in [1.165, 1.54) is 6.07 Å². The molecule has 2 saturated heterocycles. The summed E-state index contributed by atoms with van der Waals surface area (Å²) >= 11 is 0. The van der Waals surface area contributed by atoms with Gasteiger partial charge >= 0.3 is 5.97 Å². The van der Waals surface area contributed by atoms with Gasteiger partial charge < -0.3 is 15.2 Å². The lowest BCUT2D eigenvalue weighted by Gasteiger charge is -2.31. The molecule has 37 heavy (non-hydrogen) atoms. The first-order valence-corrected chi connectivity index (χ1v) is 12.1. The van der Waals surface area contributed by atoms with Gasteiger partial charge in [0.25, 0.3) is 0 Å². The summed E-state index contributed by atoms with van der Waals surface area (Å²) < 4.78 is 0. The molecule has 6 rings (SSSR count). The molecule has 0 spiro atoms. The van der Waals surface area contributed by atoms with Gasteiger partial charge in [-0.15, -0.1) is 0 Å². The Balaban J connectivity index is 1.53. The highest BCUT2D eigenvalue weighted by molar-refractivity contribution is 6.24. The molecule has 2 amide bonds. The molecule has 0 bridgehead atoms. The summed E-state index contributed by atoms with van der Waals surface area (Å²) in [5, 5.41) is 25.4. The first kappa shape index (κ1) is 23.0. The van der Waals surface area contributed by atoms with E-state index in [9.17, 15) is 24.6 Å². The molecule has 2 aliphatic rings. The predicted octanol–water partition coefficient (Wildman–Crippen LogP) is 3.70. The third-order valence-electron chi connectivity index (χ3n) is 7.71. The van der Waals surface area contributed by atoms with Crippen molar-refractivity contribution in [3.8, 4) is 5.75 Å². The number of aromatic hydroxyl groups is 1. The van der Waals surface area contributed by atoms with Gasteiger partial charge in [0, 0.05) is 35.1 Å². The van der Waals surface area contributed by atoms with E-state index in [-0.39, 0.29) is 12.2 Å². The van der Waals surface area contributed by atoms with E-state index in [0.29, 0.717) is 11.3 Å². The van der Waals surface area contributed by atoms with Crippen molar-refractivity contribution in [2.75, 3.05) is 4.90 Å². The molecule has 4 N–H and O–H groups in total. The summed E-state index contributed by atoms with van der Waals surface area (Å²) in [7, 11) is 0. The van der Waals surface area contributed by atoms with Gasteiger partial charge in [0.1, 0.15) is 11.3 Å². The zero-order valence-electron chi connectivity index (χ0n) is 20.0. The Morgan fingerprint density at radius 2 is 1.76 bits per heavy atom. The van der Waals surface area contributed by atoms with Crippen molar-refractivity contribution in [3.05, 3.63) is 95.7 Å². The number of phenols is 1. The number of H-pyrrole nitrogens is 1. The zero-order valence-corrected chi connectivity index (χ0v) is 20.0. The van der Waals surface area contributed by atoms with Crippen LogP contribution in [-0.2, 0) is 20.8 Å². The van der Waals surface area contributed by atoms with E-state index in [2.05, 4.69) is 10.3 Å². The van der Waals surface area contributed by atoms with E-state index in [0.717, 1.165) is 26.9 Å². The number of imide groups is 1. The molecule has 3 heterocycles. The van der Waals surface area contributed by atoms with Crippen molar-refractivity contribution < 1.29 is 24.6 Å². The monoisotopic (exact) mass is 495 g/mol. The van der Waals surface area contributed by atoms with Crippen molar-refractivity contribution in [1.82, 2.24) is 10.3 Å². The normalized spacial score (nSPS) is 25.1. The van der Waals surface area contributed by atoms with Gasteiger partial charge in [0.15, 0.2) is 0 Å². The highest BCUT2D eigenvalue weighted by Gasteiger charge is 2.69. The van der Waals surface area contributed by atoms with Crippen molar-refractivity contribution in [3.63, 3.8) is 0 Å². The fraction of sp³-hybridized carbons (Fsp3) is 0.207. The number of carbonyl (C=O) groups excluding carboxylic acids is 2. The van der Waals surface area contributed by atoms with Crippen LogP contribution in [-0.4, -0.2) is 38.5 Å². The number of aliphatic carboxylic acids is 1. The number of carboxylic acid groups (broad SMARTS) is 1. The fourth-order valence-electron chi connectivity index (χ4n) is 6.06. The lowest BCUT2D eigenvalue weighted by Crippen LogP contribution is -2.57. The van der Waals surface area contributed by atoms with Crippen LogP contribution in [0, 0.1) is 18.8 Å². The van der Waals surface area contributed by atoms with Crippen molar-refractivity contribution >= 4 is 34.4 Å². The minimum Gasteiger partial charge on any atom is -0.508 e. The van der Waals surface area contributed by atoms with E-state index in [1.54, 1.807) is 42.6 Å². The van der Waals surface area contributed by atoms with Crippen molar-refractivity contribution in [2.24, 2.45) is 11.8 Å². The number of para-hydroxylation sites is 2. The average Bonchev–Trinajstić information content (AvgIpc) is 3.52. The number of aromatic amines is 1. The fourth-order valence-corrected chi connectivity index (χ4v) is 6.06. The van der Waals surface area contributed by atoms with E-state index in [1.807, 2.05) is 37.3 Å². The Morgan fingerprint density at radius 1 is 1.00 bits per heavy atom. The summed E-state index contributed by atoms with van der Waals surface area (Å²) in [6.45, 7) is 1.86. The third-order valence-corrected chi connectivity index (χ3v) is 7.71. The van der Waals surface area contributed by atoms with Crippen LogP contribution in [0.4, 0.5) is 5.69 Å². The maximum Gasteiger partial charge on any atom is 0.325 e. The van der Waals surface area contributed by atoms with Crippen LogP contribution in [0.5, 0.6) is 5.75 Å². The van der Waals surface area contributed by atoms with Crippen LogP contribution in [0.3, 0.4) is 0 Å². The molecule has 4 atom stereocenters. The second-order valence-corrected chi connectivity index (χ2v) is 9.85. The van der Waals surface area contributed by atoms with Crippen molar-refractivity contribution in [2.45, 2.75) is 24.9 Å². The first-order chi connectivity index (χ1) is 17.8. The van der Waals surface area contributed by atoms with Crippen LogP contribution in [0.2, 0.25) is 0 Å². The van der Waals surface area contributed by atoms with Gasteiger partial charge in [0.2, 0.25) is 11.8 Å². The average molecular weight is 496 g/mol. The second kappa shape index (κ2) is 8.31. The molecular formula is C29H25N3O5. The van der Waals surface area contributed by atoms with Gasteiger partial charge in [-0.1, -0.05) is 48.5 Å². The van der Waals surface area contributed by atoms with Gasteiger partial charge in [0.05, 0.1) is 17.5 Å². The molecule has 2 aliphatic heterocycles.